The van der Waals surface area contributed by atoms with E-state index >= 15 is 0 Å². The third-order valence-electron chi connectivity index (χ3n) is 3.45. The Morgan fingerprint density at radius 3 is 2.71 bits per heavy atom. The molecule has 0 aliphatic rings. The summed E-state index contributed by atoms with van der Waals surface area (Å²) in [6.45, 7) is 8.72. The Kier molecular flexibility index (Phi) is 4.93. The van der Waals surface area contributed by atoms with Crippen molar-refractivity contribution in [3.8, 4) is 0 Å². The van der Waals surface area contributed by atoms with Gasteiger partial charge in [-0.05, 0) is 55.3 Å². The van der Waals surface area contributed by atoms with Crippen LogP contribution >= 0.6 is 15.9 Å². The molecule has 0 aliphatic carbocycles. The summed E-state index contributed by atoms with van der Waals surface area (Å²) in [6, 6.07) is 3.74. The average Bonchev–Trinajstić information content (AvgIpc) is 2.92. The van der Waals surface area contributed by atoms with Crippen LogP contribution in [0, 0.1) is 13.8 Å². The first-order chi connectivity index (χ1) is 9.92. The lowest BCUT2D eigenvalue weighted by Gasteiger charge is -2.14. The molecule has 0 saturated heterocycles. The Hall–Kier alpha value is -1.49. The fourth-order valence-corrected chi connectivity index (χ4v) is 2.98. The maximum absolute atomic E-state index is 12.5. The number of carbonyl (C=O) groups excluding carboxylic acids is 1. The van der Waals surface area contributed by atoms with Gasteiger partial charge < -0.3 is 14.3 Å². The van der Waals surface area contributed by atoms with E-state index in [9.17, 15) is 4.79 Å². The topological polar surface area (TPSA) is 47.2 Å². The molecule has 2 aromatic rings. The third kappa shape index (κ3) is 3.59. The monoisotopic (exact) mass is 352 g/mol. The highest BCUT2D eigenvalue weighted by Crippen LogP contribution is 2.22. The average molecular weight is 353 g/mol. The van der Waals surface area contributed by atoms with Gasteiger partial charge in [0.25, 0.3) is 5.91 Å². The smallest absolute Gasteiger partial charge is 0.268 e. The van der Waals surface area contributed by atoms with Gasteiger partial charge in [0.2, 0.25) is 0 Å². The number of carbonyl (C=O) groups is 1. The molecule has 0 saturated carbocycles. The number of nitrogens with zero attached hydrogens (tertiary/aromatic N) is 1. The van der Waals surface area contributed by atoms with E-state index in [0.717, 1.165) is 34.5 Å². The lowest BCUT2D eigenvalue weighted by Crippen LogP contribution is -2.28. The van der Waals surface area contributed by atoms with Crippen LogP contribution in [0.25, 0.3) is 0 Å². The van der Waals surface area contributed by atoms with Crippen LogP contribution in [0.2, 0.25) is 0 Å². The summed E-state index contributed by atoms with van der Waals surface area (Å²) < 4.78 is 8.42. The predicted octanol–water partition coefficient (Wildman–Crippen LogP) is 4.36. The number of furan rings is 1. The van der Waals surface area contributed by atoms with Gasteiger partial charge in [-0.3, -0.25) is 4.79 Å². The second kappa shape index (κ2) is 6.52. The number of nitrogens with one attached hydrogen (secondary N) is 1. The largest absolute Gasteiger partial charge is 0.466 e. The maximum Gasteiger partial charge on any atom is 0.268 e. The minimum atomic E-state index is -0.0845. The summed E-state index contributed by atoms with van der Waals surface area (Å²) in [5.41, 5.74) is 1.70. The lowest BCUT2D eigenvalue weighted by molar-refractivity contribution is 0.0930. The molecule has 0 aliphatic heterocycles. The molecule has 1 atom stereocenters. The molecule has 0 radical (unpaired) electrons. The normalized spacial score (nSPS) is 12.4. The minimum absolute atomic E-state index is 0.0695. The number of halogens is 1. The Balaban J connectivity index is 2.16. The minimum Gasteiger partial charge on any atom is -0.466 e. The van der Waals surface area contributed by atoms with Crippen molar-refractivity contribution in [2.24, 2.45) is 0 Å². The predicted molar refractivity (Wildman–Crippen MR) is 86.5 cm³/mol. The zero-order valence-corrected chi connectivity index (χ0v) is 14.5. The van der Waals surface area contributed by atoms with Crippen LogP contribution in [-0.4, -0.2) is 10.5 Å². The van der Waals surface area contributed by atoms with Gasteiger partial charge in [0.1, 0.15) is 17.2 Å². The van der Waals surface area contributed by atoms with Crippen LogP contribution in [0.15, 0.2) is 27.2 Å². The zero-order valence-electron chi connectivity index (χ0n) is 12.9. The molecule has 114 valence electrons. The number of hydrogen-bond acceptors (Lipinski definition) is 2. The zero-order chi connectivity index (χ0) is 15.6. The van der Waals surface area contributed by atoms with Crippen LogP contribution in [0.4, 0.5) is 0 Å². The lowest BCUT2D eigenvalue weighted by atomic mass is 10.1. The van der Waals surface area contributed by atoms with Crippen molar-refractivity contribution in [1.82, 2.24) is 9.88 Å². The number of rotatable bonds is 5. The fourth-order valence-electron chi connectivity index (χ4n) is 2.52. The Morgan fingerprint density at radius 1 is 1.43 bits per heavy atom. The molecule has 0 bridgehead atoms. The van der Waals surface area contributed by atoms with Gasteiger partial charge in [-0.1, -0.05) is 6.92 Å². The second-order valence-corrected chi connectivity index (χ2v) is 6.22. The van der Waals surface area contributed by atoms with Crippen molar-refractivity contribution in [2.75, 3.05) is 0 Å². The Bertz CT molecular complexity index is 643. The van der Waals surface area contributed by atoms with Gasteiger partial charge in [-0.15, -0.1) is 0 Å². The van der Waals surface area contributed by atoms with Gasteiger partial charge in [-0.2, -0.15) is 0 Å². The first-order valence-electron chi connectivity index (χ1n) is 7.15. The van der Waals surface area contributed by atoms with Crippen LogP contribution in [-0.2, 0) is 6.54 Å². The van der Waals surface area contributed by atoms with Crippen molar-refractivity contribution in [2.45, 2.75) is 46.7 Å². The highest BCUT2D eigenvalue weighted by molar-refractivity contribution is 9.10. The molecule has 2 aromatic heterocycles. The molecule has 1 amide bonds. The number of amides is 1. The van der Waals surface area contributed by atoms with Crippen LogP contribution in [0.1, 0.15) is 53.9 Å². The molecule has 1 unspecified atom stereocenters. The molecule has 5 heteroatoms. The molecule has 21 heavy (non-hydrogen) atoms. The molecule has 2 rings (SSSR count). The summed E-state index contributed by atoms with van der Waals surface area (Å²) in [5.74, 6) is 1.64. The molecule has 0 spiro atoms. The Morgan fingerprint density at radius 2 is 2.14 bits per heavy atom. The van der Waals surface area contributed by atoms with E-state index in [-0.39, 0.29) is 11.9 Å². The van der Waals surface area contributed by atoms with Crippen LogP contribution < -0.4 is 5.32 Å². The van der Waals surface area contributed by atoms with Gasteiger partial charge in [0, 0.05) is 22.8 Å². The number of aromatic nitrogens is 1. The first-order valence-corrected chi connectivity index (χ1v) is 7.95. The molecular formula is C16H21BrN2O2. The van der Waals surface area contributed by atoms with E-state index in [1.54, 1.807) is 0 Å². The van der Waals surface area contributed by atoms with Crippen molar-refractivity contribution < 1.29 is 9.21 Å². The van der Waals surface area contributed by atoms with Gasteiger partial charge in [0.05, 0.1) is 6.04 Å². The SMILES string of the molecule is CCCn1cc(Br)cc1C(=O)NC(C)c1cc(C)oc1C. The highest BCUT2D eigenvalue weighted by atomic mass is 79.9. The van der Waals surface area contributed by atoms with Gasteiger partial charge in [0.15, 0.2) is 0 Å². The van der Waals surface area contributed by atoms with E-state index in [1.807, 2.05) is 43.7 Å². The van der Waals surface area contributed by atoms with Gasteiger partial charge >= 0.3 is 0 Å². The summed E-state index contributed by atoms with van der Waals surface area (Å²) in [7, 11) is 0. The quantitative estimate of drug-likeness (QED) is 0.868. The Labute approximate surface area is 133 Å². The highest BCUT2D eigenvalue weighted by Gasteiger charge is 2.18. The van der Waals surface area contributed by atoms with E-state index < -0.39 is 0 Å². The molecule has 1 N–H and O–H groups in total. The van der Waals surface area contributed by atoms with Crippen molar-refractivity contribution in [3.63, 3.8) is 0 Å². The van der Waals surface area contributed by atoms with Crippen LogP contribution in [0.5, 0.6) is 0 Å². The van der Waals surface area contributed by atoms with Crippen LogP contribution in [0.3, 0.4) is 0 Å². The summed E-state index contributed by atoms with van der Waals surface area (Å²) in [5, 5.41) is 3.04. The number of aryl methyl sites for hydroxylation is 3. The van der Waals surface area contributed by atoms with Crippen molar-refractivity contribution >= 4 is 21.8 Å². The van der Waals surface area contributed by atoms with E-state index in [0.29, 0.717) is 5.69 Å². The third-order valence-corrected chi connectivity index (χ3v) is 3.89. The van der Waals surface area contributed by atoms with Gasteiger partial charge in [-0.25, -0.2) is 0 Å². The fraction of sp³-hybridized carbons (Fsp3) is 0.438. The second-order valence-electron chi connectivity index (χ2n) is 5.30. The van der Waals surface area contributed by atoms with Crippen molar-refractivity contribution in [1.29, 1.82) is 0 Å². The first kappa shape index (κ1) is 15.9. The molecular weight excluding hydrogens is 332 g/mol. The molecule has 4 nitrogen and oxygen atoms in total. The van der Waals surface area contributed by atoms with E-state index in [4.69, 9.17) is 4.42 Å². The summed E-state index contributed by atoms with van der Waals surface area (Å²) in [4.78, 5) is 12.5. The van der Waals surface area contributed by atoms with Crippen molar-refractivity contribution in [3.05, 3.63) is 45.6 Å². The standard InChI is InChI=1S/C16H21BrN2O2/c1-5-6-19-9-13(17)8-15(19)16(20)18-11(3)14-7-10(2)21-12(14)4/h7-9,11H,5-6H2,1-4H3,(H,18,20). The molecule has 0 aromatic carbocycles. The molecule has 2 heterocycles. The molecule has 0 fully saturated rings. The van der Waals surface area contributed by atoms with E-state index in [2.05, 4.69) is 28.2 Å². The number of hydrogen-bond donors (Lipinski definition) is 1. The summed E-state index contributed by atoms with van der Waals surface area (Å²) >= 11 is 3.43. The summed E-state index contributed by atoms with van der Waals surface area (Å²) in [6.07, 6.45) is 2.92. The van der Waals surface area contributed by atoms with E-state index in [1.165, 1.54) is 0 Å². The maximum atomic E-state index is 12.5.